The van der Waals surface area contributed by atoms with Crippen molar-refractivity contribution in [3.63, 3.8) is 0 Å². The minimum Gasteiger partial charge on any atom is -0.327 e. The van der Waals surface area contributed by atoms with Gasteiger partial charge in [0.1, 0.15) is 0 Å². The molecule has 1 heteroatoms. The first kappa shape index (κ1) is 10.0. The molecule has 1 aliphatic carbocycles. The zero-order chi connectivity index (χ0) is 8.81. The highest BCUT2D eigenvalue weighted by Crippen LogP contribution is 2.24. The second kappa shape index (κ2) is 5.58. The van der Waals surface area contributed by atoms with E-state index in [9.17, 15) is 0 Å². The van der Waals surface area contributed by atoms with Crippen molar-refractivity contribution in [2.24, 2.45) is 11.7 Å². The highest BCUT2D eigenvalue weighted by molar-refractivity contribution is 4.73. The van der Waals surface area contributed by atoms with Crippen LogP contribution in [0.25, 0.3) is 0 Å². The number of rotatable bonds is 2. The van der Waals surface area contributed by atoms with Gasteiger partial charge < -0.3 is 5.73 Å². The van der Waals surface area contributed by atoms with E-state index >= 15 is 0 Å². The van der Waals surface area contributed by atoms with Crippen molar-refractivity contribution in [3.05, 3.63) is 0 Å². The van der Waals surface area contributed by atoms with Gasteiger partial charge in [-0.2, -0.15) is 0 Å². The lowest BCUT2D eigenvalue weighted by Crippen LogP contribution is -2.29. The molecule has 2 N–H and O–H groups in total. The van der Waals surface area contributed by atoms with Gasteiger partial charge in [0.2, 0.25) is 0 Å². The van der Waals surface area contributed by atoms with Gasteiger partial charge in [0, 0.05) is 6.04 Å². The summed E-state index contributed by atoms with van der Waals surface area (Å²) >= 11 is 0. The smallest absolute Gasteiger partial charge is 0.00645 e. The molecule has 1 nitrogen and oxygen atoms in total. The highest BCUT2D eigenvalue weighted by atomic mass is 14.6. The van der Waals surface area contributed by atoms with Crippen LogP contribution in [0.15, 0.2) is 0 Å². The molecule has 1 fully saturated rings. The number of hydrogen-bond donors (Lipinski definition) is 1. The minimum atomic E-state index is 0.475. The van der Waals surface area contributed by atoms with E-state index in [0.717, 1.165) is 12.3 Å². The van der Waals surface area contributed by atoms with E-state index in [2.05, 4.69) is 6.92 Å². The van der Waals surface area contributed by atoms with E-state index in [1.54, 1.807) is 0 Å². The predicted octanol–water partition coefficient (Wildman–Crippen LogP) is 3.08. The summed E-state index contributed by atoms with van der Waals surface area (Å²) in [6.45, 7) is 2.21. The zero-order valence-electron chi connectivity index (χ0n) is 8.39. The van der Waals surface area contributed by atoms with Crippen LogP contribution in [0, 0.1) is 5.92 Å². The second-order valence-corrected chi connectivity index (χ2v) is 4.18. The summed E-state index contributed by atoms with van der Waals surface area (Å²) in [5.74, 6) is 0.829. The minimum absolute atomic E-state index is 0.475. The Morgan fingerprint density at radius 3 is 2.08 bits per heavy atom. The van der Waals surface area contributed by atoms with Gasteiger partial charge in [-0.1, -0.05) is 39.0 Å². The molecule has 1 rings (SSSR count). The molecule has 1 unspecified atom stereocenters. The largest absolute Gasteiger partial charge is 0.327 e. The van der Waals surface area contributed by atoms with Gasteiger partial charge in [0.25, 0.3) is 0 Å². The standard InChI is InChI=1S/C11H23N/c1-2-11(12)10-8-6-4-3-5-7-9-10/h10-11H,2-9,12H2,1H3. The fourth-order valence-electron chi connectivity index (χ4n) is 2.25. The van der Waals surface area contributed by atoms with Crippen LogP contribution < -0.4 is 5.73 Å². The Balaban J connectivity index is 2.29. The van der Waals surface area contributed by atoms with E-state index in [1.165, 1.54) is 44.9 Å². The molecular weight excluding hydrogens is 146 g/mol. The molecule has 0 radical (unpaired) electrons. The summed E-state index contributed by atoms with van der Waals surface area (Å²) in [6.07, 6.45) is 11.1. The van der Waals surface area contributed by atoms with Crippen molar-refractivity contribution in [3.8, 4) is 0 Å². The third kappa shape index (κ3) is 3.14. The number of hydrogen-bond acceptors (Lipinski definition) is 1. The first-order valence-electron chi connectivity index (χ1n) is 5.60. The van der Waals surface area contributed by atoms with E-state index in [4.69, 9.17) is 5.73 Å². The van der Waals surface area contributed by atoms with Crippen molar-refractivity contribution in [1.29, 1.82) is 0 Å². The molecule has 0 aromatic rings. The molecule has 1 saturated carbocycles. The normalized spacial score (nSPS) is 24.5. The lowest BCUT2D eigenvalue weighted by atomic mass is 9.85. The quantitative estimate of drug-likeness (QED) is 0.675. The third-order valence-electron chi connectivity index (χ3n) is 3.23. The first-order valence-corrected chi connectivity index (χ1v) is 5.60. The van der Waals surface area contributed by atoms with Crippen LogP contribution >= 0.6 is 0 Å². The summed E-state index contributed by atoms with van der Waals surface area (Å²) in [5, 5.41) is 0. The Morgan fingerprint density at radius 1 is 1.08 bits per heavy atom. The molecule has 0 aromatic carbocycles. The molecule has 0 heterocycles. The van der Waals surface area contributed by atoms with E-state index in [-0.39, 0.29) is 0 Å². The molecular formula is C11H23N. The summed E-state index contributed by atoms with van der Waals surface area (Å²) in [4.78, 5) is 0. The molecule has 0 amide bonds. The number of nitrogens with two attached hydrogens (primary N) is 1. The maximum Gasteiger partial charge on any atom is 0.00645 e. The SMILES string of the molecule is CCC(N)C1CCCCCCC1. The second-order valence-electron chi connectivity index (χ2n) is 4.18. The van der Waals surface area contributed by atoms with Gasteiger partial charge in [-0.25, -0.2) is 0 Å². The van der Waals surface area contributed by atoms with Gasteiger partial charge in [-0.3, -0.25) is 0 Å². The van der Waals surface area contributed by atoms with E-state index < -0.39 is 0 Å². The van der Waals surface area contributed by atoms with Gasteiger partial charge in [0.05, 0.1) is 0 Å². The van der Waals surface area contributed by atoms with Crippen molar-refractivity contribution < 1.29 is 0 Å². The Hall–Kier alpha value is -0.0400. The Kier molecular flexibility index (Phi) is 4.67. The summed E-state index contributed by atoms with van der Waals surface area (Å²) in [6, 6.07) is 0.475. The molecule has 0 saturated heterocycles. The van der Waals surface area contributed by atoms with Crippen LogP contribution in [0.2, 0.25) is 0 Å². The molecule has 1 aliphatic rings. The van der Waals surface area contributed by atoms with Crippen LogP contribution in [0.3, 0.4) is 0 Å². The van der Waals surface area contributed by atoms with Crippen LogP contribution in [0.5, 0.6) is 0 Å². The molecule has 0 bridgehead atoms. The topological polar surface area (TPSA) is 26.0 Å². The van der Waals surface area contributed by atoms with Crippen molar-refractivity contribution in [2.45, 2.75) is 64.3 Å². The van der Waals surface area contributed by atoms with Crippen LogP contribution in [0.4, 0.5) is 0 Å². The van der Waals surface area contributed by atoms with E-state index in [0.29, 0.717) is 6.04 Å². The van der Waals surface area contributed by atoms with Crippen LogP contribution in [-0.4, -0.2) is 6.04 Å². The van der Waals surface area contributed by atoms with Crippen molar-refractivity contribution in [2.75, 3.05) is 0 Å². The Labute approximate surface area is 76.7 Å². The van der Waals surface area contributed by atoms with Gasteiger partial charge in [-0.15, -0.1) is 0 Å². The lowest BCUT2D eigenvalue weighted by molar-refractivity contribution is 0.318. The summed E-state index contributed by atoms with van der Waals surface area (Å²) in [7, 11) is 0. The maximum absolute atomic E-state index is 6.07. The molecule has 12 heavy (non-hydrogen) atoms. The third-order valence-corrected chi connectivity index (χ3v) is 3.23. The summed E-state index contributed by atoms with van der Waals surface area (Å²) in [5.41, 5.74) is 6.07. The molecule has 0 aliphatic heterocycles. The van der Waals surface area contributed by atoms with Gasteiger partial charge in [-0.05, 0) is 25.2 Å². The van der Waals surface area contributed by atoms with Gasteiger partial charge in [0.15, 0.2) is 0 Å². The molecule has 0 aromatic heterocycles. The van der Waals surface area contributed by atoms with Crippen LogP contribution in [-0.2, 0) is 0 Å². The summed E-state index contributed by atoms with van der Waals surface area (Å²) < 4.78 is 0. The average Bonchev–Trinajstić information content (AvgIpc) is 2.02. The van der Waals surface area contributed by atoms with Crippen LogP contribution in [0.1, 0.15) is 58.3 Å². The van der Waals surface area contributed by atoms with Crippen molar-refractivity contribution in [1.82, 2.24) is 0 Å². The fraction of sp³-hybridized carbons (Fsp3) is 1.00. The average molecular weight is 169 g/mol. The Bertz CT molecular complexity index is 104. The lowest BCUT2D eigenvalue weighted by Gasteiger charge is -2.24. The van der Waals surface area contributed by atoms with E-state index in [1.807, 2.05) is 0 Å². The maximum atomic E-state index is 6.07. The first-order chi connectivity index (χ1) is 5.84. The monoisotopic (exact) mass is 169 g/mol. The molecule has 72 valence electrons. The fourth-order valence-corrected chi connectivity index (χ4v) is 2.25. The molecule has 0 spiro atoms. The Morgan fingerprint density at radius 2 is 1.58 bits per heavy atom. The van der Waals surface area contributed by atoms with Crippen molar-refractivity contribution >= 4 is 0 Å². The zero-order valence-corrected chi connectivity index (χ0v) is 8.39. The predicted molar refractivity (Wildman–Crippen MR) is 54.1 cm³/mol. The highest BCUT2D eigenvalue weighted by Gasteiger charge is 2.16. The molecule has 1 atom stereocenters. The van der Waals surface area contributed by atoms with Gasteiger partial charge >= 0.3 is 0 Å².